The normalized spacial score (nSPS) is 19.3. The molecule has 2 amide bonds. The molecule has 1 aliphatic rings. The number of aromatic amines is 1. The van der Waals surface area contributed by atoms with Crippen molar-refractivity contribution >= 4 is 11.8 Å². The van der Waals surface area contributed by atoms with E-state index in [2.05, 4.69) is 10.2 Å². The van der Waals surface area contributed by atoms with Crippen molar-refractivity contribution in [2.75, 3.05) is 40.8 Å². The third-order valence-corrected chi connectivity index (χ3v) is 4.34. The second-order valence-corrected chi connectivity index (χ2v) is 6.16. The van der Waals surface area contributed by atoms with Crippen molar-refractivity contribution < 1.29 is 9.59 Å². The van der Waals surface area contributed by atoms with E-state index >= 15 is 0 Å². The maximum atomic E-state index is 12.6. The van der Waals surface area contributed by atoms with E-state index in [9.17, 15) is 9.59 Å². The van der Waals surface area contributed by atoms with E-state index in [1.54, 1.807) is 23.9 Å². The highest BCUT2D eigenvalue weighted by atomic mass is 16.2. The van der Waals surface area contributed by atoms with Crippen LogP contribution in [0.1, 0.15) is 17.0 Å². The number of aromatic nitrogens is 2. The van der Waals surface area contributed by atoms with Crippen molar-refractivity contribution in [3.8, 4) is 0 Å². The summed E-state index contributed by atoms with van der Waals surface area (Å²) in [5.74, 6) is 0.0907. The zero-order valence-corrected chi connectivity index (χ0v) is 14.0. The number of rotatable bonds is 3. The molecule has 2 heterocycles. The van der Waals surface area contributed by atoms with E-state index in [-0.39, 0.29) is 17.9 Å². The Hall–Kier alpha value is -1.89. The fourth-order valence-corrected chi connectivity index (χ4v) is 2.76. The molecule has 0 aromatic carbocycles. The Bertz CT molecular complexity index is 547. The molecule has 0 bridgehead atoms. The molecule has 1 aromatic heterocycles. The van der Waals surface area contributed by atoms with Crippen LogP contribution in [0.3, 0.4) is 0 Å². The number of carbonyl (C=O) groups excluding carboxylic acids is 2. The Balaban J connectivity index is 2.06. The molecule has 1 fully saturated rings. The van der Waals surface area contributed by atoms with Gasteiger partial charge in [0.25, 0.3) is 0 Å². The van der Waals surface area contributed by atoms with E-state index in [4.69, 9.17) is 0 Å². The van der Waals surface area contributed by atoms with Crippen molar-refractivity contribution in [2.24, 2.45) is 0 Å². The first-order chi connectivity index (χ1) is 10.3. The second kappa shape index (κ2) is 6.48. The molecule has 22 heavy (non-hydrogen) atoms. The van der Waals surface area contributed by atoms with Crippen LogP contribution in [0, 0.1) is 13.8 Å². The van der Waals surface area contributed by atoms with Gasteiger partial charge in [0, 0.05) is 45.0 Å². The van der Waals surface area contributed by atoms with Gasteiger partial charge in [-0.1, -0.05) is 0 Å². The summed E-state index contributed by atoms with van der Waals surface area (Å²) in [6.07, 6.45) is 0.334. The molecule has 0 saturated carbocycles. The standard InChI is InChI=1S/C15H25N5O2/c1-10-12(11(2)17-16-10)8-14(21)20-7-6-19(5)13(9-20)15(22)18(3)4/h13H,6-9H2,1-5H3,(H,16,17)/t13-/m1/s1. The molecule has 0 unspecified atom stereocenters. The highest BCUT2D eigenvalue weighted by Crippen LogP contribution is 2.15. The molecule has 1 saturated heterocycles. The van der Waals surface area contributed by atoms with Crippen LogP contribution in [0.2, 0.25) is 0 Å². The minimum atomic E-state index is -0.265. The van der Waals surface area contributed by atoms with Gasteiger partial charge in [0.2, 0.25) is 11.8 Å². The first kappa shape index (κ1) is 16.5. The average molecular weight is 307 g/mol. The number of hydrogen-bond donors (Lipinski definition) is 1. The SMILES string of the molecule is Cc1n[nH]c(C)c1CC(=O)N1CCN(C)[C@@H](C(=O)N(C)C)C1. The van der Waals surface area contributed by atoms with Crippen molar-refractivity contribution in [1.29, 1.82) is 0 Å². The maximum absolute atomic E-state index is 12.6. The summed E-state index contributed by atoms with van der Waals surface area (Å²) < 4.78 is 0. The van der Waals surface area contributed by atoms with Crippen LogP contribution in [0.15, 0.2) is 0 Å². The zero-order chi connectivity index (χ0) is 16.4. The van der Waals surface area contributed by atoms with Crippen molar-refractivity contribution in [2.45, 2.75) is 26.3 Å². The molecule has 0 spiro atoms. The van der Waals surface area contributed by atoms with Crippen molar-refractivity contribution in [3.05, 3.63) is 17.0 Å². The highest BCUT2D eigenvalue weighted by molar-refractivity contribution is 5.84. The summed E-state index contributed by atoms with van der Waals surface area (Å²) in [5, 5.41) is 7.03. The van der Waals surface area contributed by atoms with Crippen LogP contribution in [0.5, 0.6) is 0 Å². The van der Waals surface area contributed by atoms with Crippen LogP contribution in [-0.2, 0) is 16.0 Å². The number of nitrogens with zero attached hydrogens (tertiary/aromatic N) is 4. The third kappa shape index (κ3) is 3.30. The Kier molecular flexibility index (Phi) is 4.85. The van der Waals surface area contributed by atoms with E-state index in [0.717, 1.165) is 17.0 Å². The van der Waals surface area contributed by atoms with Crippen LogP contribution in [0.4, 0.5) is 0 Å². The molecule has 0 aliphatic carbocycles. The molecule has 122 valence electrons. The van der Waals surface area contributed by atoms with Gasteiger partial charge in [-0.25, -0.2) is 0 Å². The largest absolute Gasteiger partial charge is 0.347 e. The molecule has 1 N–H and O–H groups in total. The molecule has 7 heteroatoms. The number of H-pyrrole nitrogens is 1. The van der Waals surface area contributed by atoms with Gasteiger partial charge in [0.15, 0.2) is 0 Å². The van der Waals surface area contributed by atoms with Crippen molar-refractivity contribution in [3.63, 3.8) is 0 Å². The van der Waals surface area contributed by atoms with Gasteiger partial charge in [-0.15, -0.1) is 0 Å². The molecule has 2 rings (SSSR count). The number of hydrogen-bond acceptors (Lipinski definition) is 4. The molecule has 0 radical (unpaired) electrons. The summed E-state index contributed by atoms with van der Waals surface area (Å²) in [6.45, 7) is 5.63. The van der Waals surface area contributed by atoms with Gasteiger partial charge in [0.05, 0.1) is 12.1 Å². The molecular weight excluding hydrogens is 282 g/mol. The molecular formula is C15H25N5O2. The van der Waals surface area contributed by atoms with Gasteiger partial charge >= 0.3 is 0 Å². The summed E-state index contributed by atoms with van der Waals surface area (Å²) >= 11 is 0. The van der Waals surface area contributed by atoms with E-state index < -0.39 is 0 Å². The lowest BCUT2D eigenvalue weighted by Crippen LogP contribution is -2.58. The Morgan fingerprint density at radius 1 is 1.32 bits per heavy atom. The lowest BCUT2D eigenvalue weighted by Gasteiger charge is -2.39. The second-order valence-electron chi connectivity index (χ2n) is 6.16. The fraction of sp³-hybridized carbons (Fsp3) is 0.667. The van der Waals surface area contributed by atoms with E-state index in [1.165, 1.54) is 0 Å². The molecule has 7 nitrogen and oxygen atoms in total. The smallest absolute Gasteiger partial charge is 0.241 e. The zero-order valence-electron chi connectivity index (χ0n) is 14.0. The Labute approximate surface area is 131 Å². The van der Waals surface area contributed by atoms with Crippen LogP contribution in [0.25, 0.3) is 0 Å². The molecule has 1 aromatic rings. The third-order valence-electron chi connectivity index (χ3n) is 4.34. The molecule has 1 aliphatic heterocycles. The minimum absolute atomic E-state index is 0.0377. The highest BCUT2D eigenvalue weighted by Gasteiger charge is 2.33. The van der Waals surface area contributed by atoms with Gasteiger partial charge in [0.1, 0.15) is 6.04 Å². The van der Waals surface area contributed by atoms with Crippen LogP contribution < -0.4 is 0 Å². The quantitative estimate of drug-likeness (QED) is 0.839. The van der Waals surface area contributed by atoms with Gasteiger partial charge in [-0.3, -0.25) is 19.6 Å². The van der Waals surface area contributed by atoms with Gasteiger partial charge in [-0.2, -0.15) is 5.10 Å². The average Bonchev–Trinajstić information content (AvgIpc) is 2.78. The van der Waals surface area contributed by atoms with Crippen LogP contribution in [-0.4, -0.2) is 83.5 Å². The number of aryl methyl sites for hydroxylation is 2. The first-order valence-electron chi connectivity index (χ1n) is 7.51. The fourth-order valence-electron chi connectivity index (χ4n) is 2.76. The Morgan fingerprint density at radius 3 is 2.55 bits per heavy atom. The number of amides is 2. The number of piperazine rings is 1. The summed E-state index contributed by atoms with van der Waals surface area (Å²) in [5.41, 5.74) is 2.75. The lowest BCUT2D eigenvalue weighted by atomic mass is 10.1. The van der Waals surface area contributed by atoms with Gasteiger partial charge in [-0.05, 0) is 20.9 Å². The topological polar surface area (TPSA) is 72.5 Å². The number of carbonyl (C=O) groups is 2. The van der Waals surface area contributed by atoms with Gasteiger partial charge < -0.3 is 9.80 Å². The maximum Gasteiger partial charge on any atom is 0.241 e. The monoisotopic (exact) mass is 307 g/mol. The lowest BCUT2D eigenvalue weighted by molar-refractivity contribution is -0.141. The first-order valence-corrected chi connectivity index (χ1v) is 7.51. The summed E-state index contributed by atoms with van der Waals surface area (Å²) in [4.78, 5) is 30.2. The molecule has 1 atom stereocenters. The van der Waals surface area contributed by atoms with Crippen LogP contribution >= 0.6 is 0 Å². The minimum Gasteiger partial charge on any atom is -0.347 e. The van der Waals surface area contributed by atoms with Crippen molar-refractivity contribution in [1.82, 2.24) is 24.9 Å². The summed E-state index contributed by atoms with van der Waals surface area (Å²) in [6, 6.07) is -0.265. The van der Waals surface area contributed by atoms with E-state index in [1.807, 2.05) is 25.8 Å². The summed E-state index contributed by atoms with van der Waals surface area (Å²) in [7, 11) is 5.42. The predicted octanol–water partition coefficient (Wildman–Crippen LogP) is -0.200. The number of nitrogens with one attached hydrogen (secondary N) is 1. The van der Waals surface area contributed by atoms with E-state index in [0.29, 0.717) is 26.1 Å². The Morgan fingerprint density at radius 2 is 2.00 bits per heavy atom. The predicted molar refractivity (Wildman–Crippen MR) is 83.5 cm³/mol. The number of likely N-dealkylation sites (N-methyl/N-ethyl adjacent to an activating group) is 2.